The minimum absolute atomic E-state index is 0.355. The number of carbonyl (C=O) groups is 1. The number of piperazine rings is 1. The normalized spacial score (nSPS) is 34.0. The Balaban J connectivity index is 2.45. The summed E-state index contributed by atoms with van der Waals surface area (Å²) < 4.78 is 0. The van der Waals surface area contributed by atoms with Crippen molar-refractivity contribution in [3.63, 3.8) is 0 Å². The Labute approximate surface area is 61.4 Å². The summed E-state index contributed by atoms with van der Waals surface area (Å²) in [5.74, 6) is 0. The van der Waals surface area contributed by atoms with E-state index >= 15 is 0 Å². The molecule has 58 valence electrons. The summed E-state index contributed by atoms with van der Waals surface area (Å²) in [5.41, 5.74) is 0. The molecule has 3 nitrogen and oxygen atoms in total. The van der Waals surface area contributed by atoms with E-state index in [4.69, 9.17) is 0 Å². The van der Waals surface area contributed by atoms with Crippen LogP contribution in [-0.2, 0) is 4.79 Å². The van der Waals surface area contributed by atoms with Crippen LogP contribution in [0.3, 0.4) is 0 Å². The van der Waals surface area contributed by atoms with Gasteiger partial charge in [0.15, 0.2) is 0 Å². The fourth-order valence-electron chi connectivity index (χ4n) is 1.20. The molecule has 10 heavy (non-hydrogen) atoms. The number of rotatable bonds is 1. The summed E-state index contributed by atoms with van der Waals surface area (Å²) >= 11 is 0. The van der Waals surface area contributed by atoms with E-state index in [-0.39, 0.29) is 0 Å². The van der Waals surface area contributed by atoms with Gasteiger partial charge in [-0.25, -0.2) is 0 Å². The highest BCUT2D eigenvalue weighted by Crippen LogP contribution is 2.02. The molecule has 0 radical (unpaired) electrons. The first-order valence-corrected chi connectivity index (χ1v) is 3.68. The van der Waals surface area contributed by atoms with Gasteiger partial charge in [-0.1, -0.05) is 0 Å². The first-order chi connectivity index (χ1) is 4.74. The standard InChI is InChI=1S/C7H14N2O/c1-6-4-9(5-10)7(2)3-8-6/h5-8H,3-4H2,1-2H3/t6-,7-/m0/s1. The van der Waals surface area contributed by atoms with E-state index in [0.717, 1.165) is 19.5 Å². The molecule has 1 aliphatic heterocycles. The van der Waals surface area contributed by atoms with Crippen molar-refractivity contribution in [2.75, 3.05) is 13.1 Å². The zero-order chi connectivity index (χ0) is 7.56. The van der Waals surface area contributed by atoms with Crippen molar-refractivity contribution >= 4 is 6.41 Å². The highest BCUT2D eigenvalue weighted by atomic mass is 16.1. The Morgan fingerprint density at radius 3 is 2.80 bits per heavy atom. The molecule has 1 rings (SSSR count). The van der Waals surface area contributed by atoms with Crippen molar-refractivity contribution in [1.82, 2.24) is 10.2 Å². The van der Waals surface area contributed by atoms with E-state index in [9.17, 15) is 4.79 Å². The molecule has 1 N–H and O–H groups in total. The Morgan fingerprint density at radius 2 is 2.30 bits per heavy atom. The lowest BCUT2D eigenvalue weighted by Crippen LogP contribution is -2.53. The summed E-state index contributed by atoms with van der Waals surface area (Å²) in [6, 6.07) is 0.801. The lowest BCUT2D eigenvalue weighted by molar-refractivity contribution is -0.121. The van der Waals surface area contributed by atoms with E-state index < -0.39 is 0 Å². The Bertz CT molecular complexity index is 127. The summed E-state index contributed by atoms with van der Waals surface area (Å²) in [5, 5.41) is 3.30. The molecule has 0 aromatic carbocycles. The van der Waals surface area contributed by atoms with Crippen LogP contribution < -0.4 is 5.32 Å². The molecule has 1 fully saturated rings. The van der Waals surface area contributed by atoms with E-state index in [1.54, 1.807) is 0 Å². The van der Waals surface area contributed by atoms with Gasteiger partial charge in [-0.3, -0.25) is 4.79 Å². The fourth-order valence-corrected chi connectivity index (χ4v) is 1.20. The zero-order valence-electron chi connectivity index (χ0n) is 6.50. The maximum absolute atomic E-state index is 10.4. The molecular formula is C7H14N2O. The molecule has 0 aromatic rings. The Hall–Kier alpha value is -0.570. The molecule has 1 saturated heterocycles. The number of hydrogen-bond donors (Lipinski definition) is 1. The summed E-state index contributed by atoms with van der Waals surface area (Å²) in [7, 11) is 0. The number of nitrogens with zero attached hydrogens (tertiary/aromatic N) is 1. The molecule has 1 amide bonds. The molecule has 1 aliphatic rings. The maximum Gasteiger partial charge on any atom is 0.210 e. The van der Waals surface area contributed by atoms with Crippen LogP contribution >= 0.6 is 0 Å². The fraction of sp³-hybridized carbons (Fsp3) is 0.857. The van der Waals surface area contributed by atoms with Gasteiger partial charge in [-0.15, -0.1) is 0 Å². The first kappa shape index (κ1) is 7.54. The SMILES string of the molecule is C[C@H]1CN(C=O)[C@@H](C)CN1. The lowest BCUT2D eigenvalue weighted by Gasteiger charge is -2.34. The largest absolute Gasteiger partial charge is 0.340 e. The third-order valence-electron chi connectivity index (χ3n) is 1.95. The van der Waals surface area contributed by atoms with Crippen molar-refractivity contribution in [3.05, 3.63) is 0 Å². The van der Waals surface area contributed by atoms with Crippen molar-refractivity contribution in [2.24, 2.45) is 0 Å². The van der Waals surface area contributed by atoms with Crippen LogP contribution in [0, 0.1) is 0 Å². The topological polar surface area (TPSA) is 32.3 Å². The molecular weight excluding hydrogens is 128 g/mol. The van der Waals surface area contributed by atoms with Gasteiger partial charge in [0, 0.05) is 25.2 Å². The van der Waals surface area contributed by atoms with E-state index in [1.165, 1.54) is 0 Å². The molecule has 0 bridgehead atoms. The van der Waals surface area contributed by atoms with E-state index in [1.807, 2.05) is 11.8 Å². The average molecular weight is 142 g/mol. The quantitative estimate of drug-likeness (QED) is 0.515. The monoisotopic (exact) mass is 142 g/mol. The molecule has 3 heteroatoms. The number of hydrogen-bond acceptors (Lipinski definition) is 2. The zero-order valence-corrected chi connectivity index (χ0v) is 6.50. The second kappa shape index (κ2) is 3.01. The Kier molecular flexibility index (Phi) is 2.27. The van der Waals surface area contributed by atoms with Crippen LogP contribution in [0.2, 0.25) is 0 Å². The van der Waals surface area contributed by atoms with Crippen molar-refractivity contribution in [2.45, 2.75) is 25.9 Å². The third-order valence-corrected chi connectivity index (χ3v) is 1.95. The minimum atomic E-state index is 0.355. The van der Waals surface area contributed by atoms with Gasteiger partial charge in [0.25, 0.3) is 0 Å². The summed E-state index contributed by atoms with van der Waals surface area (Å²) in [6.45, 7) is 5.89. The van der Waals surface area contributed by atoms with Gasteiger partial charge in [-0.2, -0.15) is 0 Å². The first-order valence-electron chi connectivity index (χ1n) is 3.68. The van der Waals surface area contributed by atoms with E-state index in [0.29, 0.717) is 12.1 Å². The van der Waals surface area contributed by atoms with Crippen molar-refractivity contribution in [3.8, 4) is 0 Å². The van der Waals surface area contributed by atoms with Crippen LogP contribution in [0.1, 0.15) is 13.8 Å². The van der Waals surface area contributed by atoms with Gasteiger partial charge in [-0.05, 0) is 13.8 Å². The molecule has 1 heterocycles. The highest BCUT2D eigenvalue weighted by molar-refractivity contribution is 5.48. The Morgan fingerprint density at radius 1 is 1.60 bits per heavy atom. The second-order valence-corrected chi connectivity index (χ2v) is 2.96. The molecule has 2 atom stereocenters. The van der Waals surface area contributed by atoms with Crippen LogP contribution in [0.15, 0.2) is 0 Å². The van der Waals surface area contributed by atoms with Crippen LogP contribution in [0.4, 0.5) is 0 Å². The average Bonchev–Trinajstić information content (AvgIpc) is 1.94. The van der Waals surface area contributed by atoms with Crippen LogP contribution in [-0.4, -0.2) is 36.5 Å². The number of amides is 1. The van der Waals surface area contributed by atoms with Gasteiger partial charge >= 0.3 is 0 Å². The summed E-state index contributed by atoms with van der Waals surface area (Å²) in [4.78, 5) is 12.2. The van der Waals surface area contributed by atoms with Gasteiger partial charge in [0.2, 0.25) is 6.41 Å². The molecule has 0 unspecified atom stereocenters. The molecule has 0 aromatic heterocycles. The molecule has 0 spiro atoms. The predicted molar refractivity (Wildman–Crippen MR) is 39.7 cm³/mol. The van der Waals surface area contributed by atoms with Gasteiger partial charge in [0.1, 0.15) is 0 Å². The van der Waals surface area contributed by atoms with Gasteiger partial charge in [0.05, 0.1) is 0 Å². The van der Waals surface area contributed by atoms with Crippen molar-refractivity contribution < 1.29 is 4.79 Å². The highest BCUT2D eigenvalue weighted by Gasteiger charge is 2.19. The smallest absolute Gasteiger partial charge is 0.210 e. The minimum Gasteiger partial charge on any atom is -0.340 e. The second-order valence-electron chi connectivity index (χ2n) is 2.96. The number of nitrogens with one attached hydrogen (secondary N) is 1. The molecule has 0 saturated carbocycles. The van der Waals surface area contributed by atoms with Crippen LogP contribution in [0.25, 0.3) is 0 Å². The third kappa shape index (κ3) is 1.48. The van der Waals surface area contributed by atoms with Crippen molar-refractivity contribution in [1.29, 1.82) is 0 Å². The number of carbonyl (C=O) groups excluding carboxylic acids is 1. The van der Waals surface area contributed by atoms with Gasteiger partial charge < -0.3 is 10.2 Å². The maximum atomic E-state index is 10.4. The van der Waals surface area contributed by atoms with Crippen LogP contribution in [0.5, 0.6) is 0 Å². The predicted octanol–water partition coefficient (Wildman–Crippen LogP) is -0.175. The lowest BCUT2D eigenvalue weighted by atomic mass is 10.2. The van der Waals surface area contributed by atoms with E-state index in [2.05, 4.69) is 12.2 Å². The molecule has 0 aliphatic carbocycles. The summed E-state index contributed by atoms with van der Waals surface area (Å²) in [6.07, 6.45) is 0.933.